The van der Waals surface area contributed by atoms with Crippen molar-refractivity contribution in [2.45, 2.75) is 75.8 Å². The molecule has 0 unspecified atom stereocenters. The summed E-state index contributed by atoms with van der Waals surface area (Å²) >= 11 is 0. The van der Waals surface area contributed by atoms with Crippen molar-refractivity contribution < 1.29 is 35.9 Å². The van der Waals surface area contributed by atoms with Gasteiger partial charge in [-0.3, -0.25) is 14.6 Å². The van der Waals surface area contributed by atoms with Crippen LogP contribution < -0.4 is 11.4 Å². The number of likely N-dealkylation sites (tertiary alicyclic amines) is 3. The first-order valence-electron chi connectivity index (χ1n) is 17.3. The summed E-state index contributed by atoms with van der Waals surface area (Å²) in [4.78, 5) is 48.7. The molecule has 2 amide bonds. The number of hydrogen-bond donors (Lipinski definition) is 2. The Kier molecular flexibility index (Phi) is 10.5. The first kappa shape index (κ1) is 36.5. The van der Waals surface area contributed by atoms with Gasteiger partial charge in [0, 0.05) is 44.2 Å². The SMILES string of the molecule is Nc1c(C(F)(F)F)cc(C[C@@H](CC(=O)N2CCC(n3nc(-c4ccccc4)[nH]c3=O)CC2)C(=O)N2CCC(N3CCCC3)CC2)cc1C(F)(F)F. The van der Waals surface area contributed by atoms with E-state index in [2.05, 4.69) is 15.0 Å². The van der Waals surface area contributed by atoms with Crippen molar-refractivity contribution in [3.8, 4) is 11.4 Å². The van der Waals surface area contributed by atoms with Gasteiger partial charge in [0.05, 0.1) is 28.8 Å². The minimum absolute atomic E-state index is 0.226. The van der Waals surface area contributed by atoms with Gasteiger partial charge in [-0.15, -0.1) is 5.10 Å². The van der Waals surface area contributed by atoms with Crippen molar-refractivity contribution in [2.24, 2.45) is 5.92 Å². The number of aromatic amines is 1. The fraction of sp³-hybridized carbons (Fsp3) is 0.543. The number of carbonyl (C=O) groups excluding carboxylic acids is 2. The summed E-state index contributed by atoms with van der Waals surface area (Å²) in [6.07, 6.45) is -6.89. The average Bonchev–Trinajstić information content (AvgIpc) is 3.78. The largest absolute Gasteiger partial charge is 0.418 e. The molecular formula is C35H41F6N7O3. The minimum atomic E-state index is -5.17. The third-order valence-electron chi connectivity index (χ3n) is 10.4. The standard InChI is InChI=1S/C35H41F6N7O3/c36-34(37,38)27-19-22(20-28(30(27)42)35(39,40)41)18-24(32(50)47-16-8-25(9-17-47)45-12-4-5-13-45)21-29(49)46-14-10-26(11-15-46)48-33(51)43-31(44-48)23-6-2-1-3-7-23/h1-3,6-7,19-20,24-26H,4-5,8-18,21,42H2,(H,43,44,51)/t24-/m0/s1. The monoisotopic (exact) mass is 721 g/mol. The van der Waals surface area contributed by atoms with Crippen molar-refractivity contribution in [1.82, 2.24) is 29.5 Å². The van der Waals surface area contributed by atoms with E-state index in [-0.39, 0.29) is 24.7 Å². The lowest BCUT2D eigenvalue weighted by molar-refractivity contribution is -0.143. The maximum Gasteiger partial charge on any atom is 0.418 e. The molecule has 10 nitrogen and oxygen atoms in total. The second-order valence-electron chi connectivity index (χ2n) is 13.7. The van der Waals surface area contributed by atoms with Gasteiger partial charge in [-0.2, -0.15) is 26.3 Å². The van der Waals surface area contributed by atoms with Gasteiger partial charge in [0.1, 0.15) is 0 Å². The number of amides is 2. The number of benzene rings is 2. The molecule has 0 radical (unpaired) electrons. The van der Waals surface area contributed by atoms with Gasteiger partial charge in [-0.25, -0.2) is 9.48 Å². The number of hydrogen-bond acceptors (Lipinski definition) is 6. The van der Waals surface area contributed by atoms with E-state index < -0.39 is 65.4 Å². The second-order valence-corrected chi connectivity index (χ2v) is 13.7. The molecule has 0 bridgehead atoms. The highest BCUT2D eigenvalue weighted by Crippen LogP contribution is 2.42. The van der Waals surface area contributed by atoms with Crippen LogP contribution in [-0.4, -0.2) is 86.6 Å². The normalized spacial score (nSPS) is 19.1. The molecule has 1 aromatic heterocycles. The van der Waals surface area contributed by atoms with Crippen molar-refractivity contribution >= 4 is 17.5 Å². The zero-order valence-corrected chi connectivity index (χ0v) is 28.0. The molecule has 0 aliphatic carbocycles. The lowest BCUT2D eigenvalue weighted by Gasteiger charge is -2.38. The van der Waals surface area contributed by atoms with Gasteiger partial charge in [0.25, 0.3) is 0 Å². The highest BCUT2D eigenvalue weighted by Gasteiger charge is 2.42. The molecular weight excluding hydrogens is 680 g/mol. The summed E-state index contributed by atoms with van der Waals surface area (Å²) in [5.74, 6) is -1.71. The molecule has 3 aliphatic rings. The van der Waals surface area contributed by atoms with Gasteiger partial charge >= 0.3 is 18.0 Å². The summed E-state index contributed by atoms with van der Waals surface area (Å²) in [5, 5.41) is 4.45. The number of carbonyl (C=O) groups is 2. The van der Waals surface area contributed by atoms with Crippen molar-refractivity contribution in [3.63, 3.8) is 0 Å². The molecule has 2 aromatic carbocycles. The molecule has 16 heteroatoms. The predicted molar refractivity (Wildman–Crippen MR) is 176 cm³/mol. The van der Waals surface area contributed by atoms with Crippen molar-refractivity contribution in [2.75, 3.05) is 45.0 Å². The molecule has 0 saturated carbocycles. The Morgan fingerprint density at radius 2 is 1.37 bits per heavy atom. The molecule has 4 heterocycles. The fourth-order valence-corrected chi connectivity index (χ4v) is 7.66. The van der Waals surface area contributed by atoms with Gasteiger partial charge in [-0.1, -0.05) is 30.3 Å². The first-order valence-corrected chi connectivity index (χ1v) is 17.3. The Morgan fingerprint density at radius 1 is 0.824 bits per heavy atom. The van der Waals surface area contributed by atoms with E-state index >= 15 is 0 Å². The Bertz CT molecular complexity index is 1720. The number of nitrogens with zero attached hydrogens (tertiary/aromatic N) is 5. The highest BCUT2D eigenvalue weighted by molar-refractivity contribution is 5.86. The number of H-pyrrole nitrogens is 1. The molecule has 276 valence electrons. The number of nitrogens with two attached hydrogens (primary N) is 1. The number of piperidine rings is 2. The number of halogens is 6. The predicted octanol–water partition coefficient (Wildman–Crippen LogP) is 5.36. The van der Waals surface area contributed by atoms with Gasteiger partial charge in [0.2, 0.25) is 11.8 Å². The number of nitrogen functional groups attached to an aromatic ring is 1. The average molecular weight is 722 g/mol. The number of aromatic nitrogens is 3. The third kappa shape index (κ3) is 8.26. The van der Waals surface area contributed by atoms with Crippen LogP contribution in [-0.2, 0) is 28.4 Å². The molecule has 3 aliphatic heterocycles. The van der Waals surface area contributed by atoms with E-state index in [1.807, 2.05) is 30.3 Å². The molecule has 1 atom stereocenters. The summed E-state index contributed by atoms with van der Waals surface area (Å²) < 4.78 is 84.5. The Hall–Kier alpha value is -4.34. The first-order chi connectivity index (χ1) is 24.2. The molecule has 3 N–H and O–H groups in total. The summed E-state index contributed by atoms with van der Waals surface area (Å²) in [6.45, 7) is 3.17. The van der Waals surface area contributed by atoms with Gasteiger partial charge in [-0.05, 0) is 75.7 Å². The van der Waals surface area contributed by atoms with Crippen LogP contribution in [0.1, 0.15) is 67.7 Å². The Morgan fingerprint density at radius 3 is 1.94 bits per heavy atom. The van der Waals surface area contributed by atoms with Crippen molar-refractivity contribution in [1.29, 1.82) is 0 Å². The quantitative estimate of drug-likeness (QED) is 0.239. The number of alkyl halides is 6. The van der Waals surface area contributed by atoms with E-state index in [1.165, 1.54) is 9.58 Å². The van der Waals surface area contributed by atoms with Crippen LogP contribution >= 0.6 is 0 Å². The number of nitrogens with one attached hydrogen (secondary N) is 1. The zero-order chi connectivity index (χ0) is 36.5. The Balaban J connectivity index is 1.19. The van der Waals surface area contributed by atoms with Gasteiger partial charge in [0.15, 0.2) is 5.82 Å². The lowest BCUT2D eigenvalue weighted by Crippen LogP contribution is -2.48. The number of anilines is 1. The van der Waals surface area contributed by atoms with Crippen LogP contribution in [0.5, 0.6) is 0 Å². The molecule has 3 fully saturated rings. The van der Waals surface area contributed by atoms with E-state index in [0.717, 1.165) is 31.5 Å². The number of rotatable bonds is 8. The molecule has 3 saturated heterocycles. The highest BCUT2D eigenvalue weighted by atomic mass is 19.4. The summed E-state index contributed by atoms with van der Waals surface area (Å²) in [6, 6.07) is 10.2. The maximum absolute atomic E-state index is 14.0. The summed E-state index contributed by atoms with van der Waals surface area (Å²) in [7, 11) is 0. The Labute approximate surface area is 290 Å². The zero-order valence-electron chi connectivity index (χ0n) is 28.0. The van der Waals surface area contributed by atoms with Crippen LogP contribution in [0.4, 0.5) is 32.0 Å². The molecule has 6 rings (SSSR count). The topological polar surface area (TPSA) is 121 Å². The lowest BCUT2D eigenvalue weighted by atomic mass is 9.90. The molecule has 3 aromatic rings. The van der Waals surface area contributed by atoms with E-state index in [0.29, 0.717) is 62.8 Å². The van der Waals surface area contributed by atoms with E-state index in [4.69, 9.17) is 5.73 Å². The van der Waals surface area contributed by atoms with E-state index in [1.54, 1.807) is 4.90 Å². The molecule has 0 spiro atoms. The van der Waals surface area contributed by atoms with Crippen LogP contribution in [0.15, 0.2) is 47.3 Å². The molecule has 51 heavy (non-hydrogen) atoms. The van der Waals surface area contributed by atoms with Crippen molar-refractivity contribution in [3.05, 3.63) is 69.6 Å². The van der Waals surface area contributed by atoms with Crippen LogP contribution in [0.2, 0.25) is 0 Å². The van der Waals surface area contributed by atoms with Crippen LogP contribution in [0.3, 0.4) is 0 Å². The minimum Gasteiger partial charge on any atom is -0.398 e. The third-order valence-corrected chi connectivity index (χ3v) is 10.4. The maximum atomic E-state index is 14.0. The second kappa shape index (κ2) is 14.7. The van der Waals surface area contributed by atoms with Gasteiger partial charge < -0.3 is 20.4 Å². The van der Waals surface area contributed by atoms with Crippen LogP contribution in [0, 0.1) is 5.92 Å². The summed E-state index contributed by atoms with van der Waals surface area (Å²) in [5.41, 5.74) is 0.620. The fourth-order valence-electron chi connectivity index (χ4n) is 7.66. The smallest absolute Gasteiger partial charge is 0.398 e. The van der Waals surface area contributed by atoms with E-state index in [9.17, 15) is 40.7 Å². The van der Waals surface area contributed by atoms with Crippen LogP contribution in [0.25, 0.3) is 11.4 Å².